The summed E-state index contributed by atoms with van der Waals surface area (Å²) in [7, 11) is 1.49. The van der Waals surface area contributed by atoms with E-state index < -0.39 is 5.97 Å². The van der Waals surface area contributed by atoms with Gasteiger partial charge in [0.1, 0.15) is 0 Å². The van der Waals surface area contributed by atoms with Crippen molar-refractivity contribution in [3.8, 4) is 11.5 Å². The van der Waals surface area contributed by atoms with Crippen molar-refractivity contribution in [2.24, 2.45) is 0 Å². The molecule has 5 nitrogen and oxygen atoms in total. The minimum atomic E-state index is -0.494. The monoisotopic (exact) mass is 300 g/mol. The summed E-state index contributed by atoms with van der Waals surface area (Å²) in [4.78, 5) is 22.5. The standard InChI is InChI=1S/C14H17ClO5/c1-10(16)20-9-12(17)11-4-5-13(14(8-11)18-2)19-7-3-6-15/h4-5,8H,3,6-7,9H2,1-2H3. The molecule has 0 spiro atoms. The van der Waals surface area contributed by atoms with Crippen molar-refractivity contribution in [2.75, 3.05) is 26.2 Å². The van der Waals surface area contributed by atoms with Crippen LogP contribution in [0.5, 0.6) is 11.5 Å². The molecule has 0 heterocycles. The van der Waals surface area contributed by atoms with E-state index in [1.165, 1.54) is 14.0 Å². The van der Waals surface area contributed by atoms with Gasteiger partial charge in [0.25, 0.3) is 0 Å². The number of hydrogen-bond acceptors (Lipinski definition) is 5. The van der Waals surface area contributed by atoms with E-state index in [1.54, 1.807) is 18.2 Å². The topological polar surface area (TPSA) is 61.8 Å². The highest BCUT2D eigenvalue weighted by molar-refractivity contribution is 6.17. The summed E-state index contributed by atoms with van der Waals surface area (Å²) in [6.45, 7) is 1.44. The molecule has 0 radical (unpaired) electrons. The van der Waals surface area contributed by atoms with Crippen LogP contribution < -0.4 is 9.47 Å². The van der Waals surface area contributed by atoms with E-state index in [4.69, 9.17) is 21.1 Å². The molecule has 6 heteroatoms. The number of carbonyl (C=O) groups is 2. The van der Waals surface area contributed by atoms with Crippen molar-refractivity contribution in [3.63, 3.8) is 0 Å². The molecule has 0 aliphatic carbocycles. The number of ether oxygens (including phenoxy) is 3. The second-order valence-corrected chi connectivity index (χ2v) is 4.34. The van der Waals surface area contributed by atoms with Crippen molar-refractivity contribution in [1.29, 1.82) is 0 Å². The normalized spacial score (nSPS) is 9.95. The van der Waals surface area contributed by atoms with Crippen molar-refractivity contribution < 1.29 is 23.8 Å². The number of Topliss-reactive ketones (excluding diaryl/α,β-unsaturated/α-hetero) is 1. The Kier molecular flexibility index (Phi) is 6.87. The molecule has 0 atom stereocenters. The molecule has 0 unspecified atom stereocenters. The fourth-order valence-corrected chi connectivity index (χ4v) is 1.56. The predicted octanol–water partition coefficient (Wildman–Crippen LogP) is 2.45. The van der Waals surface area contributed by atoms with Gasteiger partial charge < -0.3 is 14.2 Å². The molecule has 1 rings (SSSR count). The summed E-state index contributed by atoms with van der Waals surface area (Å²) in [5.41, 5.74) is 0.396. The minimum absolute atomic E-state index is 0.287. The highest BCUT2D eigenvalue weighted by Crippen LogP contribution is 2.28. The highest BCUT2D eigenvalue weighted by Gasteiger charge is 2.12. The number of halogens is 1. The van der Waals surface area contributed by atoms with Crippen molar-refractivity contribution >= 4 is 23.4 Å². The largest absolute Gasteiger partial charge is 0.493 e. The third-order valence-electron chi connectivity index (χ3n) is 2.43. The van der Waals surface area contributed by atoms with Crippen LogP contribution in [0.15, 0.2) is 18.2 Å². The van der Waals surface area contributed by atoms with Gasteiger partial charge in [-0.15, -0.1) is 11.6 Å². The lowest BCUT2D eigenvalue weighted by Gasteiger charge is -2.11. The first-order chi connectivity index (χ1) is 9.58. The van der Waals surface area contributed by atoms with Gasteiger partial charge in [-0.05, 0) is 24.6 Å². The van der Waals surface area contributed by atoms with Crippen molar-refractivity contribution in [1.82, 2.24) is 0 Å². The Balaban J connectivity index is 2.75. The van der Waals surface area contributed by atoms with Gasteiger partial charge in [0.15, 0.2) is 23.9 Å². The lowest BCUT2D eigenvalue weighted by Crippen LogP contribution is -2.12. The zero-order chi connectivity index (χ0) is 15.0. The molecule has 0 aromatic heterocycles. The summed E-state index contributed by atoms with van der Waals surface area (Å²) in [5.74, 6) is 0.716. The summed E-state index contributed by atoms with van der Waals surface area (Å²) in [6.07, 6.45) is 0.720. The van der Waals surface area contributed by atoms with Crippen LogP contribution >= 0.6 is 11.6 Å². The van der Waals surface area contributed by atoms with Crippen LogP contribution in [0.25, 0.3) is 0 Å². The van der Waals surface area contributed by atoms with E-state index in [2.05, 4.69) is 4.74 Å². The third-order valence-corrected chi connectivity index (χ3v) is 2.69. The second-order valence-electron chi connectivity index (χ2n) is 3.96. The quantitative estimate of drug-likeness (QED) is 0.319. The van der Waals surface area contributed by atoms with E-state index >= 15 is 0 Å². The fourth-order valence-electron chi connectivity index (χ4n) is 1.45. The van der Waals surface area contributed by atoms with Gasteiger partial charge in [0, 0.05) is 18.4 Å². The molecule has 0 fully saturated rings. The molecule has 0 aliphatic rings. The maximum absolute atomic E-state index is 11.8. The summed E-state index contributed by atoms with van der Waals surface area (Å²) >= 11 is 5.57. The number of carbonyl (C=O) groups excluding carboxylic acids is 2. The van der Waals surface area contributed by atoms with E-state index in [1.807, 2.05) is 0 Å². The Bertz CT molecular complexity index is 473. The van der Waals surface area contributed by atoms with Crippen LogP contribution in [-0.4, -0.2) is 38.0 Å². The summed E-state index contributed by atoms with van der Waals surface area (Å²) in [6, 6.07) is 4.81. The minimum Gasteiger partial charge on any atom is -0.493 e. The Hall–Kier alpha value is -1.75. The van der Waals surface area contributed by atoms with E-state index in [9.17, 15) is 9.59 Å². The molecule has 0 saturated carbocycles. The number of rotatable bonds is 8. The third kappa shape index (κ3) is 5.09. The molecule has 0 aliphatic heterocycles. The number of methoxy groups -OCH3 is 1. The maximum Gasteiger partial charge on any atom is 0.303 e. The average Bonchev–Trinajstić information content (AvgIpc) is 2.45. The van der Waals surface area contributed by atoms with Gasteiger partial charge in [0.05, 0.1) is 13.7 Å². The molecule has 110 valence electrons. The summed E-state index contributed by atoms with van der Waals surface area (Å²) < 4.78 is 15.3. The van der Waals surface area contributed by atoms with Gasteiger partial charge in [-0.2, -0.15) is 0 Å². The van der Waals surface area contributed by atoms with Crippen LogP contribution in [-0.2, 0) is 9.53 Å². The van der Waals surface area contributed by atoms with Gasteiger partial charge in [-0.3, -0.25) is 9.59 Å². The molecule has 0 N–H and O–H groups in total. The first-order valence-corrected chi connectivity index (χ1v) is 6.65. The SMILES string of the molecule is COc1cc(C(=O)COC(C)=O)ccc1OCCCCl. The van der Waals surface area contributed by atoms with Crippen molar-refractivity contribution in [3.05, 3.63) is 23.8 Å². The van der Waals surface area contributed by atoms with E-state index in [0.717, 1.165) is 6.42 Å². The van der Waals surface area contributed by atoms with Crippen molar-refractivity contribution in [2.45, 2.75) is 13.3 Å². The number of esters is 1. The Labute approximate surface area is 122 Å². The van der Waals surface area contributed by atoms with Gasteiger partial charge >= 0.3 is 5.97 Å². The van der Waals surface area contributed by atoms with E-state index in [-0.39, 0.29) is 12.4 Å². The molecule has 1 aromatic rings. The molecule has 20 heavy (non-hydrogen) atoms. The molecule has 0 saturated heterocycles. The van der Waals surface area contributed by atoms with Crippen LogP contribution in [0.1, 0.15) is 23.7 Å². The number of ketones is 1. The summed E-state index contributed by atoms with van der Waals surface area (Å²) in [5, 5.41) is 0. The Morgan fingerprint density at radius 2 is 2.00 bits per heavy atom. The van der Waals surface area contributed by atoms with Crippen LogP contribution in [0.2, 0.25) is 0 Å². The molecular formula is C14H17ClO5. The van der Waals surface area contributed by atoms with Crippen LogP contribution in [0, 0.1) is 0 Å². The molecule has 0 amide bonds. The zero-order valence-electron chi connectivity index (χ0n) is 11.5. The molecular weight excluding hydrogens is 284 g/mol. The molecule has 1 aromatic carbocycles. The maximum atomic E-state index is 11.8. The lowest BCUT2D eigenvalue weighted by molar-refractivity contribution is -0.139. The van der Waals surface area contributed by atoms with Crippen LogP contribution in [0.3, 0.4) is 0 Å². The van der Waals surface area contributed by atoms with Gasteiger partial charge in [-0.25, -0.2) is 0 Å². The predicted molar refractivity (Wildman–Crippen MR) is 74.8 cm³/mol. The first kappa shape index (κ1) is 16.3. The first-order valence-electron chi connectivity index (χ1n) is 6.12. The Morgan fingerprint density at radius 3 is 2.60 bits per heavy atom. The second kappa shape index (κ2) is 8.43. The average molecular weight is 301 g/mol. The van der Waals surface area contributed by atoms with Crippen LogP contribution in [0.4, 0.5) is 0 Å². The van der Waals surface area contributed by atoms with E-state index in [0.29, 0.717) is 29.5 Å². The molecule has 0 bridgehead atoms. The number of benzene rings is 1. The number of hydrogen-bond donors (Lipinski definition) is 0. The highest BCUT2D eigenvalue weighted by atomic mass is 35.5. The fraction of sp³-hybridized carbons (Fsp3) is 0.429. The smallest absolute Gasteiger partial charge is 0.303 e. The Morgan fingerprint density at radius 1 is 1.25 bits per heavy atom. The van der Waals surface area contributed by atoms with Gasteiger partial charge in [-0.1, -0.05) is 0 Å². The number of alkyl halides is 1. The zero-order valence-corrected chi connectivity index (χ0v) is 12.2. The lowest BCUT2D eigenvalue weighted by atomic mass is 10.1. The van der Waals surface area contributed by atoms with Gasteiger partial charge in [0.2, 0.25) is 0 Å².